The zero-order valence-corrected chi connectivity index (χ0v) is 25.0. The van der Waals surface area contributed by atoms with Crippen molar-refractivity contribution in [2.45, 2.75) is 58.4 Å². The molecule has 0 saturated carbocycles. The average Bonchev–Trinajstić information content (AvgIpc) is 2.76. The lowest BCUT2D eigenvalue weighted by Crippen LogP contribution is -2.55. The third-order valence-electron chi connectivity index (χ3n) is 5.46. The first-order chi connectivity index (χ1) is 17.7. The molecule has 0 bridgehead atoms. The first kappa shape index (κ1) is 33.0. The second-order valence-electron chi connectivity index (χ2n) is 9.85. The van der Waals surface area contributed by atoms with Crippen molar-refractivity contribution in [3.05, 3.63) is 62.6 Å². The molecular weight excluding hydrogens is 602 g/mol. The summed E-state index contributed by atoms with van der Waals surface area (Å²) >= 11 is 18.4. The van der Waals surface area contributed by atoms with E-state index in [1.54, 1.807) is 33.8 Å². The van der Waals surface area contributed by atoms with Gasteiger partial charge in [-0.15, -0.1) is 0 Å². The normalized spacial score (nSPS) is 13.1. The number of alkyl halides is 3. The van der Waals surface area contributed by atoms with Crippen LogP contribution in [0.3, 0.4) is 0 Å². The summed E-state index contributed by atoms with van der Waals surface area (Å²) in [5.74, 6) is -1.37. The number of benzene rings is 2. The summed E-state index contributed by atoms with van der Waals surface area (Å²) in [4.78, 5) is 28.0. The van der Waals surface area contributed by atoms with E-state index in [9.17, 15) is 31.2 Å². The third-order valence-corrected chi connectivity index (χ3v) is 7.49. The molecule has 0 radical (unpaired) electrons. The van der Waals surface area contributed by atoms with E-state index in [0.717, 1.165) is 17.2 Å². The zero-order chi connectivity index (χ0) is 29.9. The molecular formula is C25H29Cl3F3N3O4S. The van der Waals surface area contributed by atoms with Crippen molar-refractivity contribution in [1.29, 1.82) is 0 Å². The summed E-state index contributed by atoms with van der Waals surface area (Å²) in [5, 5.41) is 3.02. The molecule has 2 aromatic carbocycles. The van der Waals surface area contributed by atoms with E-state index in [4.69, 9.17) is 34.8 Å². The minimum atomic E-state index is -4.79. The van der Waals surface area contributed by atoms with Crippen LogP contribution in [0, 0.1) is 0 Å². The van der Waals surface area contributed by atoms with E-state index < -0.39 is 57.4 Å². The molecule has 0 aromatic heterocycles. The topological polar surface area (TPSA) is 86.8 Å². The average molecular weight is 631 g/mol. The molecule has 0 aliphatic carbocycles. The van der Waals surface area contributed by atoms with Crippen LogP contribution in [-0.2, 0) is 32.3 Å². The van der Waals surface area contributed by atoms with E-state index in [1.165, 1.54) is 12.1 Å². The van der Waals surface area contributed by atoms with Crippen LogP contribution in [0.5, 0.6) is 0 Å². The lowest BCUT2D eigenvalue weighted by atomic mass is 10.1. The van der Waals surface area contributed by atoms with Crippen molar-refractivity contribution in [1.82, 2.24) is 10.2 Å². The van der Waals surface area contributed by atoms with Gasteiger partial charge in [0.2, 0.25) is 21.8 Å². The molecule has 7 nitrogen and oxygen atoms in total. The van der Waals surface area contributed by atoms with Crippen LogP contribution in [0.4, 0.5) is 18.9 Å². The van der Waals surface area contributed by atoms with Crippen molar-refractivity contribution in [3.63, 3.8) is 0 Å². The molecule has 0 saturated heterocycles. The Morgan fingerprint density at radius 2 is 1.62 bits per heavy atom. The molecule has 14 heteroatoms. The predicted octanol–water partition coefficient (Wildman–Crippen LogP) is 6.15. The number of nitrogens with zero attached hydrogens (tertiary/aromatic N) is 2. The number of hydrogen-bond donors (Lipinski definition) is 1. The monoisotopic (exact) mass is 629 g/mol. The Labute approximate surface area is 241 Å². The van der Waals surface area contributed by atoms with Gasteiger partial charge in [-0.1, -0.05) is 47.8 Å². The van der Waals surface area contributed by atoms with E-state index in [1.807, 2.05) is 0 Å². The van der Waals surface area contributed by atoms with Crippen molar-refractivity contribution >= 4 is 62.3 Å². The van der Waals surface area contributed by atoms with Gasteiger partial charge >= 0.3 is 6.18 Å². The summed E-state index contributed by atoms with van der Waals surface area (Å²) in [7, 11) is -4.31. The summed E-state index contributed by atoms with van der Waals surface area (Å²) in [6.07, 6.45) is -3.91. The Morgan fingerprint density at radius 3 is 2.10 bits per heavy atom. The van der Waals surface area contributed by atoms with Gasteiger partial charge in [0.15, 0.2) is 0 Å². The Bertz CT molecular complexity index is 1330. The van der Waals surface area contributed by atoms with Gasteiger partial charge in [0.05, 0.1) is 22.5 Å². The second kappa shape index (κ2) is 12.5. The summed E-state index contributed by atoms with van der Waals surface area (Å²) in [5.41, 5.74) is -1.91. The Balaban J connectivity index is 2.60. The maximum absolute atomic E-state index is 13.7. The molecule has 0 heterocycles. The van der Waals surface area contributed by atoms with Crippen LogP contribution in [0.2, 0.25) is 15.1 Å². The molecule has 0 aliphatic heterocycles. The summed E-state index contributed by atoms with van der Waals surface area (Å²) < 4.78 is 66.1. The minimum absolute atomic E-state index is 0.141. The first-order valence-electron chi connectivity index (χ1n) is 11.6. The molecule has 216 valence electrons. The van der Waals surface area contributed by atoms with Gasteiger partial charge in [0.1, 0.15) is 12.6 Å². The van der Waals surface area contributed by atoms with Gasteiger partial charge in [-0.2, -0.15) is 13.2 Å². The Hall–Kier alpha value is -2.21. The fourth-order valence-corrected chi connectivity index (χ4v) is 5.27. The third kappa shape index (κ3) is 9.16. The quantitative estimate of drug-likeness (QED) is 0.360. The minimum Gasteiger partial charge on any atom is -0.350 e. The maximum atomic E-state index is 13.7. The number of hydrogen-bond acceptors (Lipinski definition) is 4. The Morgan fingerprint density at radius 1 is 1.00 bits per heavy atom. The highest BCUT2D eigenvalue weighted by Gasteiger charge is 2.36. The van der Waals surface area contributed by atoms with Crippen LogP contribution >= 0.6 is 34.8 Å². The van der Waals surface area contributed by atoms with E-state index in [2.05, 4.69) is 5.32 Å². The van der Waals surface area contributed by atoms with Crippen LogP contribution in [0.15, 0.2) is 36.4 Å². The smallest absolute Gasteiger partial charge is 0.350 e. The van der Waals surface area contributed by atoms with Crippen LogP contribution in [0.1, 0.15) is 45.2 Å². The van der Waals surface area contributed by atoms with Gasteiger partial charge in [-0.25, -0.2) is 8.42 Å². The van der Waals surface area contributed by atoms with E-state index in [-0.39, 0.29) is 23.0 Å². The maximum Gasteiger partial charge on any atom is 0.416 e. The molecule has 0 spiro atoms. The Kier molecular flexibility index (Phi) is 10.6. The predicted molar refractivity (Wildman–Crippen MR) is 148 cm³/mol. The highest BCUT2D eigenvalue weighted by atomic mass is 35.5. The molecule has 2 amide bonds. The molecule has 1 N–H and O–H groups in total. The molecule has 0 unspecified atom stereocenters. The lowest BCUT2D eigenvalue weighted by Gasteiger charge is -2.35. The largest absolute Gasteiger partial charge is 0.416 e. The first-order valence-corrected chi connectivity index (χ1v) is 14.6. The van der Waals surface area contributed by atoms with Crippen molar-refractivity contribution in [2.24, 2.45) is 0 Å². The number of halogens is 6. The van der Waals surface area contributed by atoms with Crippen LogP contribution in [0.25, 0.3) is 0 Å². The fourth-order valence-electron chi connectivity index (χ4n) is 3.68. The van der Waals surface area contributed by atoms with Crippen molar-refractivity contribution in [2.75, 3.05) is 17.1 Å². The number of amides is 2. The number of anilines is 1. The molecule has 0 fully saturated rings. The SMILES string of the molecule is CC[C@H](C(=O)NC(C)(C)C)N(Cc1ccc(Cl)cc1Cl)C(=O)CN(c1cc(C(F)(F)F)ccc1Cl)S(C)(=O)=O. The highest BCUT2D eigenvalue weighted by Crippen LogP contribution is 2.36. The number of nitrogens with one attached hydrogen (secondary N) is 1. The molecule has 0 aliphatic rings. The van der Waals surface area contributed by atoms with Crippen molar-refractivity contribution in [3.8, 4) is 0 Å². The molecule has 2 aromatic rings. The molecule has 39 heavy (non-hydrogen) atoms. The zero-order valence-electron chi connectivity index (χ0n) is 21.9. The number of carbonyl (C=O) groups excluding carboxylic acids is 2. The van der Waals surface area contributed by atoms with Gasteiger partial charge < -0.3 is 10.2 Å². The standard InChI is InChI=1S/C25H29Cl3F3N3O4S/c1-6-20(23(36)32-24(2,3)4)33(13-15-7-9-17(26)12-19(15)28)22(35)14-34(39(5,37)38)21-11-16(25(29,30)31)8-10-18(21)27/h7-12,20H,6,13-14H2,1-5H3,(H,32,36)/t20-/m1/s1. The van der Waals surface area contributed by atoms with Gasteiger partial charge in [0, 0.05) is 22.1 Å². The summed E-state index contributed by atoms with van der Waals surface area (Å²) in [6, 6.07) is 5.63. The van der Waals surface area contributed by atoms with Gasteiger partial charge in [0.25, 0.3) is 0 Å². The second-order valence-corrected chi connectivity index (χ2v) is 13.0. The van der Waals surface area contributed by atoms with Crippen LogP contribution in [-0.4, -0.2) is 49.5 Å². The number of rotatable bonds is 9. The van der Waals surface area contributed by atoms with Gasteiger partial charge in [-0.05, 0) is 63.1 Å². The lowest BCUT2D eigenvalue weighted by molar-refractivity contribution is -0.141. The van der Waals surface area contributed by atoms with Crippen LogP contribution < -0.4 is 9.62 Å². The van der Waals surface area contributed by atoms with Gasteiger partial charge in [-0.3, -0.25) is 13.9 Å². The fraction of sp³-hybridized carbons (Fsp3) is 0.440. The van der Waals surface area contributed by atoms with E-state index in [0.29, 0.717) is 27.0 Å². The number of sulfonamides is 1. The summed E-state index contributed by atoms with van der Waals surface area (Å²) in [6.45, 7) is 5.78. The van der Waals surface area contributed by atoms with Crippen molar-refractivity contribution < 1.29 is 31.2 Å². The number of carbonyl (C=O) groups is 2. The highest BCUT2D eigenvalue weighted by molar-refractivity contribution is 7.92. The van der Waals surface area contributed by atoms with E-state index >= 15 is 0 Å². The molecule has 1 atom stereocenters. The molecule has 2 rings (SSSR count).